The van der Waals surface area contributed by atoms with E-state index in [1.165, 1.54) is 6.92 Å². The molecule has 0 saturated carbocycles. The Bertz CT molecular complexity index is 554. The van der Waals surface area contributed by atoms with Crippen molar-refractivity contribution in [1.29, 1.82) is 0 Å². The van der Waals surface area contributed by atoms with Gasteiger partial charge in [0.1, 0.15) is 5.75 Å². The van der Waals surface area contributed by atoms with Crippen LogP contribution in [0.4, 0.5) is 5.69 Å². The average Bonchev–Trinajstić information content (AvgIpc) is 2.82. The summed E-state index contributed by atoms with van der Waals surface area (Å²) in [7, 11) is 0. The number of hydrogen-bond donors (Lipinski definition) is 0. The third kappa shape index (κ3) is 1.95. The second-order valence-corrected chi connectivity index (χ2v) is 4.81. The summed E-state index contributed by atoms with van der Waals surface area (Å²) in [5.41, 5.74) is 2.92. The maximum atomic E-state index is 11.0. The van der Waals surface area contributed by atoms with E-state index < -0.39 is 5.97 Å². The number of anilines is 1. The van der Waals surface area contributed by atoms with Crippen molar-refractivity contribution < 1.29 is 14.4 Å². The minimum atomic E-state index is -0.395. The summed E-state index contributed by atoms with van der Waals surface area (Å²) in [5, 5.41) is 4.06. The molecule has 0 radical (unpaired) electrons. The Kier molecular flexibility index (Phi) is 2.89. The summed E-state index contributed by atoms with van der Waals surface area (Å²) < 4.78 is 5.65. The van der Waals surface area contributed by atoms with Crippen LogP contribution in [0.15, 0.2) is 23.4 Å². The van der Waals surface area contributed by atoms with Crippen LogP contribution in [0.2, 0.25) is 0 Å². The van der Waals surface area contributed by atoms with Crippen molar-refractivity contribution in [3.63, 3.8) is 0 Å². The van der Waals surface area contributed by atoms with Crippen LogP contribution in [0.3, 0.4) is 0 Å². The molecule has 0 spiro atoms. The summed E-state index contributed by atoms with van der Waals surface area (Å²) in [6, 6.07) is 5.90. The molecule has 1 unspecified atom stereocenters. The Hall–Kier alpha value is -2.04. The number of oxime groups is 1. The van der Waals surface area contributed by atoms with Gasteiger partial charge in [-0.15, -0.1) is 0 Å². The van der Waals surface area contributed by atoms with E-state index >= 15 is 0 Å². The number of ether oxygens (including phenoxy) is 1. The largest absolute Gasteiger partial charge is 0.471 e. The van der Waals surface area contributed by atoms with Crippen LogP contribution < -0.4 is 9.64 Å². The van der Waals surface area contributed by atoms with Gasteiger partial charge >= 0.3 is 5.97 Å². The summed E-state index contributed by atoms with van der Waals surface area (Å²) in [5.74, 6) is 0.736. The first kappa shape index (κ1) is 12.0. The fraction of sp³-hybridized carbons (Fsp3) is 0.429. The number of carbonyl (C=O) groups excluding carboxylic acids is 1. The Balaban J connectivity index is 2.07. The van der Waals surface area contributed by atoms with E-state index in [-0.39, 0.29) is 5.92 Å². The van der Waals surface area contributed by atoms with Crippen LogP contribution in [-0.4, -0.2) is 25.0 Å². The first-order valence-electron chi connectivity index (χ1n) is 6.47. The lowest BCUT2D eigenvalue weighted by atomic mass is 9.89. The Morgan fingerprint density at radius 1 is 1.58 bits per heavy atom. The van der Waals surface area contributed by atoms with Crippen molar-refractivity contribution in [3.05, 3.63) is 23.8 Å². The number of rotatable bonds is 2. The molecule has 5 heteroatoms. The predicted molar refractivity (Wildman–Crippen MR) is 71.4 cm³/mol. The van der Waals surface area contributed by atoms with Crippen molar-refractivity contribution in [2.75, 3.05) is 18.2 Å². The maximum Gasteiger partial charge on any atom is 0.331 e. The quantitative estimate of drug-likeness (QED) is 0.604. The van der Waals surface area contributed by atoms with E-state index in [1.54, 1.807) is 0 Å². The minimum Gasteiger partial charge on any atom is -0.471 e. The van der Waals surface area contributed by atoms with Gasteiger partial charge in [0.05, 0.1) is 11.4 Å². The third-order valence-electron chi connectivity index (χ3n) is 3.56. The van der Waals surface area contributed by atoms with Crippen molar-refractivity contribution in [2.45, 2.75) is 20.3 Å². The molecular formula is C14H16N2O3. The molecule has 5 nitrogen and oxygen atoms in total. The molecule has 1 aromatic carbocycles. The zero-order valence-corrected chi connectivity index (χ0v) is 11.0. The van der Waals surface area contributed by atoms with Crippen molar-refractivity contribution >= 4 is 17.4 Å². The zero-order valence-electron chi connectivity index (χ0n) is 11.0. The Morgan fingerprint density at radius 3 is 3.16 bits per heavy atom. The molecule has 0 saturated heterocycles. The summed E-state index contributed by atoms with van der Waals surface area (Å²) in [6.07, 6.45) is 0.945. The molecule has 0 aliphatic carbocycles. The first-order valence-corrected chi connectivity index (χ1v) is 6.47. The van der Waals surface area contributed by atoms with Crippen molar-refractivity contribution in [2.24, 2.45) is 11.1 Å². The van der Waals surface area contributed by atoms with E-state index in [1.807, 2.05) is 18.2 Å². The predicted octanol–water partition coefficient (Wildman–Crippen LogP) is 2.15. The highest BCUT2D eigenvalue weighted by molar-refractivity contribution is 6.09. The lowest BCUT2D eigenvalue weighted by Gasteiger charge is -2.31. The van der Waals surface area contributed by atoms with E-state index in [0.717, 1.165) is 35.7 Å². The number of benzene rings is 1. The SMILES string of the molecule is CCC1CN2COc3cccc(c32)/C1=N/OC(C)=O. The van der Waals surface area contributed by atoms with Crippen LogP contribution in [-0.2, 0) is 9.63 Å². The molecule has 100 valence electrons. The molecule has 0 amide bonds. The maximum absolute atomic E-state index is 11.0. The highest BCUT2D eigenvalue weighted by Gasteiger charge is 2.35. The highest BCUT2D eigenvalue weighted by atomic mass is 16.7. The minimum absolute atomic E-state index is 0.254. The van der Waals surface area contributed by atoms with Crippen LogP contribution in [0.5, 0.6) is 5.75 Å². The molecule has 19 heavy (non-hydrogen) atoms. The fourth-order valence-electron chi connectivity index (χ4n) is 2.66. The van der Waals surface area contributed by atoms with E-state index in [4.69, 9.17) is 9.57 Å². The van der Waals surface area contributed by atoms with Gasteiger partial charge in [0.2, 0.25) is 0 Å². The van der Waals surface area contributed by atoms with Gasteiger partial charge in [-0.3, -0.25) is 0 Å². The topological polar surface area (TPSA) is 51.1 Å². The van der Waals surface area contributed by atoms with Gasteiger partial charge in [-0.2, -0.15) is 0 Å². The zero-order chi connectivity index (χ0) is 13.4. The van der Waals surface area contributed by atoms with E-state index in [2.05, 4.69) is 17.0 Å². The number of hydrogen-bond acceptors (Lipinski definition) is 5. The molecule has 0 fully saturated rings. The lowest BCUT2D eigenvalue weighted by Crippen LogP contribution is -2.38. The van der Waals surface area contributed by atoms with Crippen LogP contribution in [0, 0.1) is 5.92 Å². The average molecular weight is 260 g/mol. The van der Waals surface area contributed by atoms with Gasteiger partial charge in [0, 0.05) is 24.9 Å². The normalized spacial score (nSPS) is 22.1. The molecule has 0 N–H and O–H groups in total. The second kappa shape index (κ2) is 4.57. The Labute approximate surface area is 111 Å². The van der Waals surface area contributed by atoms with E-state index in [9.17, 15) is 4.79 Å². The molecular weight excluding hydrogens is 244 g/mol. The van der Waals surface area contributed by atoms with Gasteiger partial charge < -0.3 is 14.5 Å². The fourth-order valence-corrected chi connectivity index (χ4v) is 2.66. The smallest absolute Gasteiger partial charge is 0.331 e. The van der Waals surface area contributed by atoms with Gasteiger partial charge in [-0.25, -0.2) is 4.79 Å². The number of para-hydroxylation sites is 1. The van der Waals surface area contributed by atoms with E-state index in [0.29, 0.717) is 6.73 Å². The lowest BCUT2D eigenvalue weighted by molar-refractivity contribution is -0.140. The summed E-state index contributed by atoms with van der Waals surface area (Å²) in [6.45, 7) is 4.91. The molecule has 2 aliphatic rings. The molecule has 0 bridgehead atoms. The standard InChI is InChI=1S/C14H16N2O3/c1-3-10-7-16-8-18-12-6-4-5-11(14(12)16)13(10)15-19-9(2)17/h4-6,10H,3,7-8H2,1-2H3/b15-13+. The molecule has 3 rings (SSSR count). The van der Waals surface area contributed by atoms with Crippen LogP contribution >= 0.6 is 0 Å². The number of nitrogens with zero attached hydrogens (tertiary/aromatic N) is 2. The molecule has 2 aliphatic heterocycles. The van der Waals surface area contributed by atoms with Gasteiger partial charge in [0.15, 0.2) is 6.73 Å². The number of carbonyl (C=O) groups is 1. The van der Waals surface area contributed by atoms with Gasteiger partial charge in [-0.1, -0.05) is 24.2 Å². The first-order chi connectivity index (χ1) is 9.20. The summed E-state index contributed by atoms with van der Waals surface area (Å²) in [4.78, 5) is 18.0. The molecule has 1 atom stereocenters. The second-order valence-electron chi connectivity index (χ2n) is 4.81. The van der Waals surface area contributed by atoms with Crippen molar-refractivity contribution in [1.82, 2.24) is 0 Å². The Morgan fingerprint density at radius 2 is 2.42 bits per heavy atom. The third-order valence-corrected chi connectivity index (χ3v) is 3.56. The summed E-state index contributed by atoms with van der Waals surface area (Å²) >= 11 is 0. The van der Waals surface area contributed by atoms with Crippen LogP contribution in [0.25, 0.3) is 0 Å². The highest BCUT2D eigenvalue weighted by Crippen LogP contribution is 2.42. The monoisotopic (exact) mass is 260 g/mol. The molecule has 2 heterocycles. The van der Waals surface area contributed by atoms with Gasteiger partial charge in [0.25, 0.3) is 0 Å². The molecule has 0 aromatic heterocycles. The van der Waals surface area contributed by atoms with Crippen molar-refractivity contribution in [3.8, 4) is 5.75 Å². The van der Waals surface area contributed by atoms with Gasteiger partial charge in [-0.05, 0) is 12.5 Å². The van der Waals surface area contributed by atoms with Crippen LogP contribution in [0.1, 0.15) is 25.8 Å². The molecule has 1 aromatic rings.